The number of nitrogens with two attached hydrogens (primary N) is 1. The maximum absolute atomic E-state index is 6.01. The van der Waals surface area contributed by atoms with E-state index in [2.05, 4.69) is 12.0 Å². The Labute approximate surface area is 107 Å². The van der Waals surface area contributed by atoms with Gasteiger partial charge in [-0.05, 0) is 32.9 Å². The second-order valence-corrected chi connectivity index (χ2v) is 4.70. The van der Waals surface area contributed by atoms with Crippen LogP contribution in [0, 0.1) is 6.92 Å². The Bertz CT molecular complexity index is 514. The van der Waals surface area contributed by atoms with Crippen molar-refractivity contribution in [3.8, 4) is 5.75 Å². The summed E-state index contributed by atoms with van der Waals surface area (Å²) in [6.07, 6.45) is 1.77. The summed E-state index contributed by atoms with van der Waals surface area (Å²) < 4.78 is 7.49. The van der Waals surface area contributed by atoms with Gasteiger partial charge in [0.1, 0.15) is 18.2 Å². The molecular weight excluding hydrogens is 226 g/mol. The van der Waals surface area contributed by atoms with Gasteiger partial charge in [0.25, 0.3) is 0 Å². The smallest absolute Gasteiger partial charge is 0.128 e. The number of ether oxygens (including phenoxy) is 1. The average molecular weight is 245 g/mol. The Morgan fingerprint density at radius 3 is 2.50 bits per heavy atom. The fraction of sp³-hybridized carbons (Fsp3) is 0.357. The van der Waals surface area contributed by atoms with E-state index < -0.39 is 0 Å². The van der Waals surface area contributed by atoms with Crippen molar-refractivity contribution < 1.29 is 4.74 Å². The van der Waals surface area contributed by atoms with Crippen LogP contribution in [0.5, 0.6) is 5.75 Å². The molecule has 0 aliphatic carbocycles. The summed E-state index contributed by atoms with van der Waals surface area (Å²) in [4.78, 5) is 0. The first-order chi connectivity index (χ1) is 8.58. The van der Waals surface area contributed by atoms with Gasteiger partial charge >= 0.3 is 0 Å². The number of benzene rings is 1. The number of hydrogen-bond acceptors (Lipinski definition) is 3. The van der Waals surface area contributed by atoms with Crippen LogP contribution in [-0.4, -0.2) is 9.78 Å². The minimum atomic E-state index is 0.262. The third-order valence-corrected chi connectivity index (χ3v) is 2.82. The Hall–Kier alpha value is -1.97. The number of anilines is 1. The summed E-state index contributed by atoms with van der Waals surface area (Å²) >= 11 is 0. The van der Waals surface area contributed by atoms with Crippen molar-refractivity contribution in [3.63, 3.8) is 0 Å². The molecule has 0 saturated carbocycles. The molecule has 0 aliphatic rings. The first-order valence-corrected chi connectivity index (χ1v) is 6.09. The predicted molar refractivity (Wildman–Crippen MR) is 72.5 cm³/mol. The van der Waals surface area contributed by atoms with Gasteiger partial charge in [-0.25, -0.2) is 4.68 Å². The van der Waals surface area contributed by atoms with Crippen LogP contribution in [0.25, 0.3) is 0 Å². The van der Waals surface area contributed by atoms with Crippen LogP contribution in [0.15, 0.2) is 30.5 Å². The molecule has 0 amide bonds. The summed E-state index contributed by atoms with van der Waals surface area (Å²) in [6, 6.07) is 8.22. The molecule has 18 heavy (non-hydrogen) atoms. The van der Waals surface area contributed by atoms with E-state index in [0.717, 1.165) is 11.3 Å². The van der Waals surface area contributed by atoms with Crippen LogP contribution < -0.4 is 10.5 Å². The molecule has 0 spiro atoms. The van der Waals surface area contributed by atoms with Gasteiger partial charge in [-0.2, -0.15) is 5.10 Å². The van der Waals surface area contributed by atoms with Crippen molar-refractivity contribution in [2.24, 2.45) is 0 Å². The normalized spacial score (nSPS) is 10.9. The molecule has 4 heteroatoms. The largest absolute Gasteiger partial charge is 0.489 e. The van der Waals surface area contributed by atoms with E-state index in [9.17, 15) is 0 Å². The monoisotopic (exact) mass is 245 g/mol. The maximum atomic E-state index is 6.01. The molecule has 0 atom stereocenters. The van der Waals surface area contributed by atoms with E-state index in [1.165, 1.54) is 5.56 Å². The van der Waals surface area contributed by atoms with Crippen LogP contribution in [0.4, 0.5) is 5.82 Å². The summed E-state index contributed by atoms with van der Waals surface area (Å²) in [6.45, 7) is 6.60. The Balaban J connectivity index is 2.04. The zero-order valence-electron chi connectivity index (χ0n) is 11.1. The van der Waals surface area contributed by atoms with Gasteiger partial charge in [0.2, 0.25) is 0 Å². The van der Waals surface area contributed by atoms with Crippen LogP contribution in [-0.2, 0) is 6.61 Å². The highest BCUT2D eigenvalue weighted by atomic mass is 16.5. The molecule has 1 aromatic heterocycles. The third kappa shape index (κ3) is 2.64. The van der Waals surface area contributed by atoms with Crippen molar-refractivity contribution in [1.29, 1.82) is 0 Å². The first-order valence-electron chi connectivity index (χ1n) is 6.09. The number of hydrogen-bond donors (Lipinski definition) is 1. The van der Waals surface area contributed by atoms with Gasteiger partial charge in [0, 0.05) is 6.04 Å². The van der Waals surface area contributed by atoms with Gasteiger partial charge in [-0.15, -0.1) is 0 Å². The van der Waals surface area contributed by atoms with Crippen molar-refractivity contribution in [2.45, 2.75) is 33.4 Å². The Morgan fingerprint density at radius 2 is 1.94 bits per heavy atom. The standard InChI is InChI=1S/C14H19N3O/c1-10(2)17-14(15)12(8-16-17)9-18-13-6-4-11(3)5-7-13/h4-8,10H,9,15H2,1-3H3. The fourth-order valence-electron chi connectivity index (χ4n) is 1.73. The molecule has 0 radical (unpaired) electrons. The van der Waals surface area contributed by atoms with Gasteiger partial charge in [-0.3, -0.25) is 0 Å². The summed E-state index contributed by atoms with van der Waals surface area (Å²) in [5, 5.41) is 4.25. The molecular formula is C14H19N3O. The molecule has 2 N–H and O–H groups in total. The predicted octanol–water partition coefficient (Wildman–Crippen LogP) is 2.93. The van der Waals surface area contributed by atoms with Crippen LogP contribution in [0.2, 0.25) is 0 Å². The molecule has 0 fully saturated rings. The molecule has 4 nitrogen and oxygen atoms in total. The Morgan fingerprint density at radius 1 is 1.28 bits per heavy atom. The van der Waals surface area contributed by atoms with Crippen LogP contribution >= 0.6 is 0 Å². The average Bonchev–Trinajstić information content (AvgIpc) is 2.70. The van der Waals surface area contributed by atoms with E-state index >= 15 is 0 Å². The van der Waals surface area contributed by atoms with Crippen molar-refractivity contribution in [1.82, 2.24) is 9.78 Å². The molecule has 1 heterocycles. The van der Waals surface area contributed by atoms with Crippen molar-refractivity contribution in [2.75, 3.05) is 5.73 Å². The first kappa shape index (κ1) is 12.5. The lowest BCUT2D eigenvalue weighted by atomic mass is 10.2. The second kappa shape index (κ2) is 5.12. The number of aryl methyl sites for hydroxylation is 1. The highest BCUT2D eigenvalue weighted by molar-refractivity contribution is 5.39. The summed E-state index contributed by atoms with van der Waals surface area (Å²) in [5.41, 5.74) is 8.15. The highest BCUT2D eigenvalue weighted by Crippen LogP contribution is 2.19. The van der Waals surface area contributed by atoms with Crippen LogP contribution in [0.3, 0.4) is 0 Å². The van der Waals surface area contributed by atoms with E-state index in [1.807, 2.05) is 38.1 Å². The summed E-state index contributed by atoms with van der Waals surface area (Å²) in [5.74, 6) is 1.52. The van der Waals surface area contributed by atoms with Gasteiger partial charge in [0.15, 0.2) is 0 Å². The van der Waals surface area contributed by atoms with Crippen molar-refractivity contribution >= 4 is 5.82 Å². The van der Waals surface area contributed by atoms with E-state index in [-0.39, 0.29) is 6.04 Å². The maximum Gasteiger partial charge on any atom is 0.128 e. The molecule has 2 aromatic rings. The topological polar surface area (TPSA) is 53.1 Å². The number of aromatic nitrogens is 2. The highest BCUT2D eigenvalue weighted by Gasteiger charge is 2.10. The van der Waals surface area contributed by atoms with E-state index in [4.69, 9.17) is 10.5 Å². The third-order valence-electron chi connectivity index (χ3n) is 2.82. The minimum absolute atomic E-state index is 0.262. The number of rotatable bonds is 4. The van der Waals surface area contributed by atoms with Gasteiger partial charge in [-0.1, -0.05) is 17.7 Å². The van der Waals surface area contributed by atoms with Gasteiger partial charge in [0.05, 0.1) is 11.8 Å². The lowest BCUT2D eigenvalue weighted by Crippen LogP contribution is -2.08. The molecule has 96 valence electrons. The number of nitrogens with zero attached hydrogens (tertiary/aromatic N) is 2. The van der Waals surface area contributed by atoms with E-state index in [1.54, 1.807) is 10.9 Å². The molecule has 0 bridgehead atoms. The molecule has 1 aromatic carbocycles. The molecule has 0 unspecified atom stereocenters. The van der Waals surface area contributed by atoms with E-state index in [0.29, 0.717) is 12.4 Å². The van der Waals surface area contributed by atoms with Crippen LogP contribution in [0.1, 0.15) is 31.0 Å². The molecule has 2 rings (SSSR count). The molecule has 0 aliphatic heterocycles. The van der Waals surface area contributed by atoms with Gasteiger partial charge < -0.3 is 10.5 Å². The number of nitrogen functional groups attached to an aromatic ring is 1. The zero-order valence-corrected chi connectivity index (χ0v) is 11.1. The summed E-state index contributed by atoms with van der Waals surface area (Å²) in [7, 11) is 0. The lowest BCUT2D eigenvalue weighted by Gasteiger charge is -2.09. The SMILES string of the molecule is Cc1ccc(OCc2cnn(C(C)C)c2N)cc1. The Kier molecular flexibility index (Phi) is 3.55. The fourth-order valence-corrected chi connectivity index (χ4v) is 1.73. The zero-order chi connectivity index (χ0) is 13.1. The minimum Gasteiger partial charge on any atom is -0.489 e. The van der Waals surface area contributed by atoms with Crippen molar-refractivity contribution in [3.05, 3.63) is 41.6 Å². The molecule has 0 saturated heterocycles. The second-order valence-electron chi connectivity index (χ2n) is 4.70. The lowest BCUT2D eigenvalue weighted by molar-refractivity contribution is 0.306. The quantitative estimate of drug-likeness (QED) is 0.901.